The van der Waals surface area contributed by atoms with Crippen LogP contribution in [0.3, 0.4) is 0 Å². The average molecular weight is 222 g/mol. The van der Waals surface area contributed by atoms with Crippen LogP contribution in [0, 0.1) is 0 Å². The van der Waals surface area contributed by atoms with E-state index in [-0.39, 0.29) is 5.91 Å². The van der Waals surface area contributed by atoms with Crippen LogP contribution in [-0.4, -0.2) is 36.0 Å². The van der Waals surface area contributed by atoms with E-state index in [1.165, 1.54) is 19.3 Å². The summed E-state index contributed by atoms with van der Waals surface area (Å²) in [5, 5.41) is 3.73. The van der Waals surface area contributed by atoms with Gasteiger partial charge in [-0.2, -0.15) is 0 Å². The molecule has 1 atom stereocenters. The first kappa shape index (κ1) is 11.6. The molecule has 1 saturated heterocycles. The Morgan fingerprint density at radius 2 is 1.94 bits per heavy atom. The van der Waals surface area contributed by atoms with Crippen molar-refractivity contribution in [1.29, 1.82) is 0 Å². The summed E-state index contributed by atoms with van der Waals surface area (Å²) >= 11 is 0. The van der Waals surface area contributed by atoms with E-state index in [1.807, 2.05) is 4.90 Å². The molecule has 0 aromatic rings. The lowest BCUT2D eigenvalue weighted by atomic mass is 9.98. The van der Waals surface area contributed by atoms with Crippen LogP contribution in [0.5, 0.6) is 0 Å². The van der Waals surface area contributed by atoms with Crippen molar-refractivity contribution in [2.75, 3.05) is 13.1 Å². The first-order valence-corrected chi connectivity index (χ1v) is 6.42. The highest BCUT2D eigenvalue weighted by Crippen LogP contribution is 2.16. The lowest BCUT2D eigenvalue weighted by Gasteiger charge is -2.34. The predicted molar refractivity (Wildman–Crippen MR) is 65.2 cm³/mol. The van der Waals surface area contributed by atoms with Gasteiger partial charge in [0.1, 0.15) is 0 Å². The van der Waals surface area contributed by atoms with Gasteiger partial charge in [0.15, 0.2) is 0 Å². The average Bonchev–Trinajstić information content (AvgIpc) is 2.31. The lowest BCUT2D eigenvalue weighted by molar-refractivity contribution is -0.129. The third-order valence-corrected chi connectivity index (χ3v) is 3.68. The molecule has 1 fully saturated rings. The second-order valence-electron chi connectivity index (χ2n) is 4.93. The van der Waals surface area contributed by atoms with E-state index in [4.69, 9.17) is 0 Å². The first-order chi connectivity index (χ1) is 7.75. The predicted octanol–water partition coefficient (Wildman–Crippen LogP) is 1.70. The van der Waals surface area contributed by atoms with Crippen LogP contribution >= 0.6 is 0 Å². The molecule has 0 aromatic carbocycles. The summed E-state index contributed by atoms with van der Waals surface area (Å²) in [5.41, 5.74) is 0. The summed E-state index contributed by atoms with van der Waals surface area (Å²) in [6, 6.07) is 1.28. The number of hydrogen-bond donors (Lipinski definition) is 1. The maximum Gasteiger partial charge on any atom is 0.219 e. The van der Waals surface area contributed by atoms with Crippen LogP contribution in [0.25, 0.3) is 0 Å². The van der Waals surface area contributed by atoms with E-state index in [2.05, 4.69) is 17.5 Å². The molecule has 0 radical (unpaired) electrons. The van der Waals surface area contributed by atoms with Gasteiger partial charge in [-0.1, -0.05) is 12.2 Å². The molecule has 3 heteroatoms. The number of hydrogen-bond acceptors (Lipinski definition) is 2. The highest BCUT2D eigenvalue weighted by atomic mass is 16.2. The highest BCUT2D eigenvalue weighted by molar-refractivity contribution is 5.73. The Balaban J connectivity index is 1.72. The Hall–Kier alpha value is -0.830. The largest absolute Gasteiger partial charge is 0.343 e. The van der Waals surface area contributed by atoms with Gasteiger partial charge in [-0.25, -0.2) is 0 Å². The van der Waals surface area contributed by atoms with Crippen molar-refractivity contribution >= 4 is 5.91 Å². The van der Waals surface area contributed by atoms with Gasteiger partial charge >= 0.3 is 0 Å². The minimum absolute atomic E-state index is 0.221. The van der Waals surface area contributed by atoms with Crippen LogP contribution in [0.4, 0.5) is 0 Å². The quantitative estimate of drug-likeness (QED) is 0.721. The van der Waals surface area contributed by atoms with Crippen molar-refractivity contribution in [2.45, 2.75) is 51.1 Å². The normalized spacial score (nSPS) is 27.1. The lowest BCUT2D eigenvalue weighted by Crippen LogP contribution is -2.47. The number of nitrogens with zero attached hydrogens (tertiary/aromatic N) is 1. The third kappa shape index (κ3) is 3.08. The standard InChI is InChI=1S/C13H22N2O/c1-11(16)15-9-7-13(8-10-15)14-12-5-3-2-4-6-12/h2-3,12-14H,4-10H2,1H3. The van der Waals surface area contributed by atoms with E-state index >= 15 is 0 Å². The fourth-order valence-electron chi connectivity index (χ4n) is 2.64. The van der Waals surface area contributed by atoms with Gasteiger partial charge < -0.3 is 10.2 Å². The number of carbonyl (C=O) groups is 1. The van der Waals surface area contributed by atoms with E-state index in [0.717, 1.165) is 25.9 Å². The van der Waals surface area contributed by atoms with E-state index in [9.17, 15) is 4.79 Å². The fraction of sp³-hybridized carbons (Fsp3) is 0.769. The van der Waals surface area contributed by atoms with Crippen LogP contribution < -0.4 is 5.32 Å². The monoisotopic (exact) mass is 222 g/mol. The molecule has 2 rings (SSSR count). The Morgan fingerprint density at radius 3 is 2.50 bits per heavy atom. The number of rotatable bonds is 2. The number of piperidine rings is 1. The van der Waals surface area contributed by atoms with Crippen LogP contribution in [-0.2, 0) is 4.79 Å². The molecule has 0 saturated carbocycles. The smallest absolute Gasteiger partial charge is 0.219 e. The molecule has 3 nitrogen and oxygen atoms in total. The van der Waals surface area contributed by atoms with Crippen molar-refractivity contribution in [2.24, 2.45) is 0 Å². The Kier molecular flexibility index (Phi) is 3.99. The molecule has 1 N–H and O–H groups in total. The molecule has 2 aliphatic rings. The van der Waals surface area contributed by atoms with Crippen molar-refractivity contribution in [1.82, 2.24) is 10.2 Å². The zero-order chi connectivity index (χ0) is 11.4. The van der Waals surface area contributed by atoms with Gasteiger partial charge in [0.25, 0.3) is 0 Å². The van der Waals surface area contributed by atoms with Crippen molar-refractivity contribution < 1.29 is 4.79 Å². The summed E-state index contributed by atoms with van der Waals surface area (Å²) in [4.78, 5) is 13.1. The maximum absolute atomic E-state index is 11.2. The molecule has 0 spiro atoms. The maximum atomic E-state index is 11.2. The van der Waals surface area contributed by atoms with E-state index in [1.54, 1.807) is 6.92 Å². The summed E-state index contributed by atoms with van der Waals surface area (Å²) in [5.74, 6) is 0.221. The first-order valence-electron chi connectivity index (χ1n) is 6.42. The molecule has 0 aromatic heterocycles. The zero-order valence-corrected chi connectivity index (χ0v) is 10.1. The number of allylic oxidation sites excluding steroid dienone is 1. The molecule has 1 aliphatic carbocycles. The summed E-state index contributed by atoms with van der Waals surface area (Å²) in [6.07, 6.45) is 10.4. The van der Waals surface area contributed by atoms with E-state index in [0.29, 0.717) is 12.1 Å². The molecular weight excluding hydrogens is 200 g/mol. The minimum atomic E-state index is 0.221. The fourth-order valence-corrected chi connectivity index (χ4v) is 2.64. The van der Waals surface area contributed by atoms with Gasteiger partial charge in [-0.05, 0) is 32.1 Å². The van der Waals surface area contributed by atoms with Gasteiger partial charge in [0.05, 0.1) is 0 Å². The Morgan fingerprint density at radius 1 is 1.19 bits per heavy atom. The van der Waals surface area contributed by atoms with E-state index < -0.39 is 0 Å². The Labute approximate surface area is 97.9 Å². The molecule has 1 heterocycles. The van der Waals surface area contributed by atoms with Crippen molar-refractivity contribution in [3.8, 4) is 0 Å². The molecular formula is C13H22N2O. The highest BCUT2D eigenvalue weighted by Gasteiger charge is 2.22. The van der Waals surface area contributed by atoms with Gasteiger partial charge in [0.2, 0.25) is 5.91 Å². The molecule has 1 unspecified atom stereocenters. The van der Waals surface area contributed by atoms with Crippen molar-refractivity contribution in [3.63, 3.8) is 0 Å². The second-order valence-corrected chi connectivity index (χ2v) is 4.93. The number of likely N-dealkylation sites (tertiary alicyclic amines) is 1. The second kappa shape index (κ2) is 5.48. The van der Waals surface area contributed by atoms with Gasteiger partial charge in [0, 0.05) is 32.1 Å². The molecule has 0 bridgehead atoms. The number of amides is 1. The molecule has 1 amide bonds. The number of nitrogens with one attached hydrogen (secondary N) is 1. The summed E-state index contributed by atoms with van der Waals surface area (Å²) in [6.45, 7) is 3.52. The Bertz CT molecular complexity index is 267. The van der Waals surface area contributed by atoms with Crippen LogP contribution in [0.1, 0.15) is 39.0 Å². The van der Waals surface area contributed by atoms with Crippen molar-refractivity contribution in [3.05, 3.63) is 12.2 Å². The van der Waals surface area contributed by atoms with Gasteiger partial charge in [-0.15, -0.1) is 0 Å². The zero-order valence-electron chi connectivity index (χ0n) is 10.1. The molecule has 1 aliphatic heterocycles. The summed E-state index contributed by atoms with van der Waals surface area (Å²) < 4.78 is 0. The third-order valence-electron chi connectivity index (χ3n) is 3.68. The summed E-state index contributed by atoms with van der Waals surface area (Å²) in [7, 11) is 0. The SMILES string of the molecule is CC(=O)N1CCC(NC2CC=CCC2)CC1. The topological polar surface area (TPSA) is 32.3 Å². The number of carbonyl (C=O) groups excluding carboxylic acids is 1. The van der Waals surface area contributed by atoms with Gasteiger partial charge in [-0.3, -0.25) is 4.79 Å². The minimum Gasteiger partial charge on any atom is -0.343 e. The molecule has 90 valence electrons. The molecule has 16 heavy (non-hydrogen) atoms. The van der Waals surface area contributed by atoms with Crippen LogP contribution in [0.15, 0.2) is 12.2 Å². The van der Waals surface area contributed by atoms with Crippen LogP contribution in [0.2, 0.25) is 0 Å².